The quantitative estimate of drug-likeness (QED) is 0.169. The number of aromatic nitrogens is 2. The summed E-state index contributed by atoms with van der Waals surface area (Å²) in [6.07, 6.45) is 0.653. The Morgan fingerprint density at radius 1 is 1.23 bits per heavy atom. The molecule has 0 fully saturated rings. The molecule has 1 aromatic carbocycles. The number of fused-ring (bicyclic) bond motifs is 1. The average Bonchev–Trinajstić information content (AvgIpc) is 2.74. The van der Waals surface area contributed by atoms with E-state index < -0.39 is 83.9 Å². The SMILES string of the molecule is CCOC(=O)c1cn(-c2nc(NC(C)(C)C)c(F)cc2F)c2c(Cl)c(F)c(F)c([N+](=O)[O-])c2c1=O. The number of nitro benzene ring substituents is 1. The van der Waals surface area contributed by atoms with Crippen LogP contribution < -0.4 is 10.7 Å². The number of pyridine rings is 2. The fourth-order valence-electron chi connectivity index (χ4n) is 3.23. The minimum absolute atomic E-state index is 0.222. The summed E-state index contributed by atoms with van der Waals surface area (Å²) in [5, 5.41) is 12.0. The molecule has 2 aromatic heterocycles. The molecule has 0 aliphatic carbocycles. The van der Waals surface area contributed by atoms with E-state index >= 15 is 0 Å². The van der Waals surface area contributed by atoms with E-state index in [0.717, 1.165) is 0 Å². The first-order chi connectivity index (χ1) is 16.2. The zero-order valence-corrected chi connectivity index (χ0v) is 19.4. The Morgan fingerprint density at radius 2 is 1.86 bits per heavy atom. The van der Waals surface area contributed by atoms with Gasteiger partial charge in [-0.1, -0.05) is 11.6 Å². The maximum Gasteiger partial charge on any atom is 0.343 e. The first-order valence-electron chi connectivity index (χ1n) is 9.91. The molecule has 14 heteroatoms. The molecule has 35 heavy (non-hydrogen) atoms. The van der Waals surface area contributed by atoms with Crippen molar-refractivity contribution in [3.05, 3.63) is 66.5 Å². The number of esters is 1. The van der Waals surface area contributed by atoms with E-state index in [-0.39, 0.29) is 6.61 Å². The van der Waals surface area contributed by atoms with E-state index in [2.05, 4.69) is 10.3 Å². The summed E-state index contributed by atoms with van der Waals surface area (Å²) in [6, 6.07) is 0.409. The number of ether oxygens (including phenoxy) is 1. The van der Waals surface area contributed by atoms with Crippen molar-refractivity contribution < 1.29 is 32.0 Å². The molecule has 3 rings (SSSR count). The molecule has 0 atom stereocenters. The highest BCUT2D eigenvalue weighted by Gasteiger charge is 2.34. The fourth-order valence-corrected chi connectivity index (χ4v) is 3.49. The Balaban J connectivity index is 2.60. The van der Waals surface area contributed by atoms with Crippen LogP contribution in [0.2, 0.25) is 5.02 Å². The zero-order chi connectivity index (χ0) is 26.4. The lowest BCUT2D eigenvalue weighted by molar-refractivity contribution is -0.386. The van der Waals surface area contributed by atoms with Gasteiger partial charge in [-0.2, -0.15) is 4.39 Å². The van der Waals surface area contributed by atoms with E-state index in [0.29, 0.717) is 16.8 Å². The summed E-state index contributed by atoms with van der Waals surface area (Å²) in [4.78, 5) is 39.4. The van der Waals surface area contributed by atoms with Crippen molar-refractivity contribution in [1.29, 1.82) is 0 Å². The fraction of sp³-hybridized carbons (Fsp3) is 0.286. The largest absolute Gasteiger partial charge is 0.462 e. The van der Waals surface area contributed by atoms with E-state index in [1.807, 2.05) is 0 Å². The summed E-state index contributed by atoms with van der Waals surface area (Å²) in [6.45, 7) is 6.10. The predicted molar refractivity (Wildman–Crippen MR) is 118 cm³/mol. The number of carbonyl (C=O) groups is 1. The van der Waals surface area contributed by atoms with Crippen LogP contribution in [0.25, 0.3) is 16.7 Å². The topological polar surface area (TPSA) is 116 Å². The highest BCUT2D eigenvalue weighted by Crippen LogP contribution is 2.37. The van der Waals surface area contributed by atoms with Gasteiger partial charge < -0.3 is 10.1 Å². The molecule has 0 saturated carbocycles. The van der Waals surface area contributed by atoms with Crippen molar-refractivity contribution in [2.75, 3.05) is 11.9 Å². The predicted octanol–water partition coefficient (Wildman–Crippen LogP) is 4.89. The minimum atomic E-state index is -2.07. The highest BCUT2D eigenvalue weighted by atomic mass is 35.5. The van der Waals surface area contributed by atoms with Crippen molar-refractivity contribution >= 4 is 40.0 Å². The summed E-state index contributed by atoms with van der Waals surface area (Å²) >= 11 is 5.90. The van der Waals surface area contributed by atoms with E-state index in [1.54, 1.807) is 20.8 Å². The van der Waals surface area contributed by atoms with Crippen LogP contribution in [0, 0.1) is 33.4 Å². The number of rotatable bonds is 5. The molecule has 1 N–H and O–H groups in total. The Labute approximate surface area is 199 Å². The summed E-state index contributed by atoms with van der Waals surface area (Å²) in [5.41, 5.74) is -5.58. The van der Waals surface area contributed by atoms with Gasteiger partial charge in [-0.25, -0.2) is 22.9 Å². The number of carbonyl (C=O) groups excluding carboxylic acids is 1. The second kappa shape index (κ2) is 9.13. The highest BCUT2D eigenvalue weighted by molar-refractivity contribution is 6.35. The van der Waals surface area contributed by atoms with Crippen molar-refractivity contribution in [3.63, 3.8) is 0 Å². The van der Waals surface area contributed by atoms with Crippen LogP contribution in [0.1, 0.15) is 38.1 Å². The van der Waals surface area contributed by atoms with Gasteiger partial charge in [-0.15, -0.1) is 0 Å². The van der Waals surface area contributed by atoms with Gasteiger partial charge in [-0.3, -0.25) is 19.5 Å². The monoisotopic (exact) mass is 516 g/mol. The molecular weight excluding hydrogens is 500 g/mol. The van der Waals surface area contributed by atoms with Gasteiger partial charge in [0.25, 0.3) is 0 Å². The first-order valence-corrected chi connectivity index (χ1v) is 10.3. The van der Waals surface area contributed by atoms with E-state index in [9.17, 15) is 37.3 Å². The molecular formula is C21H17ClF4N4O5. The lowest BCUT2D eigenvalue weighted by Gasteiger charge is -2.23. The van der Waals surface area contributed by atoms with Crippen LogP contribution in [0.3, 0.4) is 0 Å². The van der Waals surface area contributed by atoms with Gasteiger partial charge in [0.15, 0.2) is 29.1 Å². The van der Waals surface area contributed by atoms with Gasteiger partial charge in [0.2, 0.25) is 11.2 Å². The molecule has 3 aromatic rings. The van der Waals surface area contributed by atoms with Crippen molar-refractivity contribution in [2.24, 2.45) is 0 Å². The van der Waals surface area contributed by atoms with Gasteiger partial charge in [-0.05, 0) is 27.7 Å². The third-order valence-electron chi connectivity index (χ3n) is 4.56. The molecule has 0 unspecified atom stereocenters. The number of anilines is 1. The van der Waals surface area contributed by atoms with Crippen LogP contribution in [0.4, 0.5) is 29.1 Å². The Morgan fingerprint density at radius 3 is 2.40 bits per heavy atom. The minimum Gasteiger partial charge on any atom is -0.462 e. The van der Waals surface area contributed by atoms with Gasteiger partial charge in [0, 0.05) is 17.8 Å². The number of nitrogens with one attached hydrogen (secondary N) is 1. The van der Waals surface area contributed by atoms with Crippen molar-refractivity contribution in [2.45, 2.75) is 33.2 Å². The molecule has 9 nitrogen and oxygen atoms in total. The molecule has 0 aliphatic rings. The number of hydrogen-bond donors (Lipinski definition) is 1. The molecule has 0 saturated heterocycles. The molecule has 186 valence electrons. The third-order valence-corrected chi connectivity index (χ3v) is 4.90. The molecule has 0 bridgehead atoms. The number of nitro groups is 1. The first kappa shape index (κ1) is 25.9. The molecule has 0 amide bonds. The average molecular weight is 517 g/mol. The van der Waals surface area contributed by atoms with Gasteiger partial charge in [0.05, 0.1) is 17.0 Å². The summed E-state index contributed by atoms with van der Waals surface area (Å²) < 4.78 is 63.7. The van der Waals surface area contributed by atoms with Crippen molar-refractivity contribution in [3.8, 4) is 5.82 Å². The number of halogens is 5. The second-order valence-corrected chi connectivity index (χ2v) is 8.61. The van der Waals surface area contributed by atoms with Crippen LogP contribution in [-0.4, -0.2) is 32.6 Å². The second-order valence-electron chi connectivity index (χ2n) is 8.23. The number of benzene rings is 1. The molecule has 0 aliphatic heterocycles. The maximum atomic E-state index is 14.9. The number of nitrogens with zero attached hydrogens (tertiary/aromatic N) is 3. The Hall–Kier alpha value is -3.74. The molecule has 0 spiro atoms. The van der Waals surface area contributed by atoms with Gasteiger partial charge in [0.1, 0.15) is 16.0 Å². The van der Waals surface area contributed by atoms with Crippen LogP contribution >= 0.6 is 11.6 Å². The van der Waals surface area contributed by atoms with Gasteiger partial charge >= 0.3 is 11.7 Å². The van der Waals surface area contributed by atoms with Crippen LogP contribution in [0.5, 0.6) is 0 Å². The molecule has 0 radical (unpaired) electrons. The maximum absolute atomic E-state index is 14.9. The summed E-state index contributed by atoms with van der Waals surface area (Å²) in [5.74, 6) is -9.06. The third kappa shape index (κ3) is 4.63. The van der Waals surface area contributed by atoms with Crippen LogP contribution in [-0.2, 0) is 4.74 Å². The Kier molecular flexibility index (Phi) is 6.75. The van der Waals surface area contributed by atoms with Crippen molar-refractivity contribution in [1.82, 2.24) is 9.55 Å². The normalized spacial score (nSPS) is 11.6. The lowest BCUT2D eigenvalue weighted by Crippen LogP contribution is -2.28. The number of hydrogen-bond acceptors (Lipinski definition) is 7. The Bertz CT molecular complexity index is 1450. The zero-order valence-electron chi connectivity index (χ0n) is 18.6. The van der Waals surface area contributed by atoms with E-state index in [4.69, 9.17) is 16.3 Å². The van der Waals surface area contributed by atoms with Crippen LogP contribution in [0.15, 0.2) is 17.1 Å². The van der Waals surface area contributed by atoms with E-state index in [1.165, 1.54) is 6.92 Å². The smallest absolute Gasteiger partial charge is 0.343 e. The molecule has 2 heterocycles. The standard InChI is InChI=1S/C21H17ClF4N4O5/c1-5-35-20(32)8-7-29(19-10(24)6-9(23)18(27-19)28-21(2,3)4)15-11(17(8)31)16(30(33)34)14(26)13(25)12(15)22/h6-7H,5H2,1-4H3,(H,27,28). The lowest BCUT2D eigenvalue weighted by atomic mass is 10.1. The summed E-state index contributed by atoms with van der Waals surface area (Å²) in [7, 11) is 0.